The van der Waals surface area contributed by atoms with Gasteiger partial charge >= 0.3 is 0 Å². The predicted molar refractivity (Wildman–Crippen MR) is 93.9 cm³/mol. The van der Waals surface area contributed by atoms with E-state index in [1.807, 2.05) is 37.4 Å². The lowest BCUT2D eigenvalue weighted by Crippen LogP contribution is -2.24. The first-order chi connectivity index (χ1) is 12.2. The third kappa shape index (κ3) is 4.05. The molecule has 0 atom stereocenters. The standard InChI is InChI=1S/C18H15N5OS/c1-23-12-21-22-17(23)11-20-18(24)13-6-8-15(9-7-13)25-16-5-3-2-4-14(16)10-19/h2-9,12H,11H2,1H3,(H,20,24). The summed E-state index contributed by atoms with van der Waals surface area (Å²) in [5.74, 6) is 0.519. The molecule has 1 N–H and O–H groups in total. The first-order valence-corrected chi connectivity index (χ1v) is 8.37. The Morgan fingerprint density at radius 1 is 1.24 bits per heavy atom. The number of carbonyl (C=O) groups is 1. The number of carbonyl (C=O) groups excluding carboxylic acids is 1. The molecule has 0 aliphatic heterocycles. The van der Waals surface area contributed by atoms with Gasteiger partial charge in [0.25, 0.3) is 5.91 Å². The van der Waals surface area contributed by atoms with E-state index in [9.17, 15) is 4.79 Å². The average molecular weight is 349 g/mol. The van der Waals surface area contributed by atoms with Crippen LogP contribution in [0.2, 0.25) is 0 Å². The van der Waals surface area contributed by atoms with Gasteiger partial charge in [0.2, 0.25) is 0 Å². The normalized spacial score (nSPS) is 10.2. The molecule has 0 saturated carbocycles. The Balaban J connectivity index is 1.64. The van der Waals surface area contributed by atoms with Crippen molar-refractivity contribution in [2.24, 2.45) is 7.05 Å². The van der Waals surface area contributed by atoms with Gasteiger partial charge in [0.1, 0.15) is 12.4 Å². The highest BCUT2D eigenvalue weighted by molar-refractivity contribution is 7.99. The van der Waals surface area contributed by atoms with E-state index in [-0.39, 0.29) is 5.91 Å². The summed E-state index contributed by atoms with van der Waals surface area (Å²) < 4.78 is 1.76. The van der Waals surface area contributed by atoms with Crippen molar-refractivity contribution in [3.05, 3.63) is 71.8 Å². The van der Waals surface area contributed by atoms with Gasteiger partial charge in [0.05, 0.1) is 12.1 Å². The van der Waals surface area contributed by atoms with Gasteiger partial charge in [-0.25, -0.2) is 0 Å². The summed E-state index contributed by atoms with van der Waals surface area (Å²) in [7, 11) is 1.83. The van der Waals surface area contributed by atoms with Gasteiger partial charge in [-0.3, -0.25) is 4.79 Å². The van der Waals surface area contributed by atoms with Crippen molar-refractivity contribution < 1.29 is 4.79 Å². The minimum Gasteiger partial charge on any atom is -0.345 e. The number of rotatable bonds is 5. The molecule has 3 aromatic rings. The second kappa shape index (κ2) is 7.64. The van der Waals surface area contributed by atoms with E-state index in [0.29, 0.717) is 23.5 Å². The highest BCUT2D eigenvalue weighted by Crippen LogP contribution is 2.30. The first-order valence-electron chi connectivity index (χ1n) is 7.55. The highest BCUT2D eigenvalue weighted by atomic mass is 32.2. The summed E-state index contributed by atoms with van der Waals surface area (Å²) in [4.78, 5) is 14.1. The summed E-state index contributed by atoms with van der Waals surface area (Å²) in [6.45, 7) is 0.321. The molecule has 25 heavy (non-hydrogen) atoms. The lowest BCUT2D eigenvalue weighted by atomic mass is 10.2. The maximum Gasteiger partial charge on any atom is 0.251 e. The van der Waals surface area contributed by atoms with Crippen LogP contribution in [0.15, 0.2) is 64.6 Å². The molecule has 0 fully saturated rings. The molecule has 0 spiro atoms. The Kier molecular flexibility index (Phi) is 5.11. The minimum atomic E-state index is -0.169. The van der Waals surface area contributed by atoms with E-state index in [1.165, 1.54) is 11.8 Å². The molecule has 2 aromatic carbocycles. The molecule has 0 bridgehead atoms. The second-order valence-corrected chi connectivity index (χ2v) is 6.39. The molecule has 1 amide bonds. The van der Waals surface area contributed by atoms with Crippen LogP contribution in [0.5, 0.6) is 0 Å². The number of amides is 1. The van der Waals surface area contributed by atoms with E-state index in [2.05, 4.69) is 21.6 Å². The second-order valence-electron chi connectivity index (χ2n) is 5.28. The van der Waals surface area contributed by atoms with Gasteiger partial charge in [-0.15, -0.1) is 10.2 Å². The van der Waals surface area contributed by atoms with Crippen LogP contribution in [0, 0.1) is 11.3 Å². The highest BCUT2D eigenvalue weighted by Gasteiger charge is 2.08. The van der Waals surface area contributed by atoms with E-state index < -0.39 is 0 Å². The maximum absolute atomic E-state index is 12.2. The molecular formula is C18H15N5OS. The van der Waals surface area contributed by atoms with Crippen molar-refractivity contribution >= 4 is 17.7 Å². The molecule has 3 rings (SSSR count). The number of aromatic nitrogens is 3. The van der Waals surface area contributed by atoms with Gasteiger partial charge < -0.3 is 9.88 Å². The number of nitrogens with zero attached hydrogens (tertiary/aromatic N) is 4. The number of nitrogens with one attached hydrogen (secondary N) is 1. The molecule has 0 radical (unpaired) electrons. The number of aryl methyl sites for hydroxylation is 1. The van der Waals surface area contributed by atoms with Crippen molar-refractivity contribution in [3.8, 4) is 6.07 Å². The van der Waals surface area contributed by atoms with Gasteiger partial charge in [0.15, 0.2) is 5.82 Å². The smallest absolute Gasteiger partial charge is 0.251 e. The molecule has 7 heteroatoms. The van der Waals surface area contributed by atoms with Gasteiger partial charge in [-0.1, -0.05) is 23.9 Å². The Morgan fingerprint density at radius 3 is 2.68 bits per heavy atom. The third-order valence-corrected chi connectivity index (χ3v) is 4.65. The first kappa shape index (κ1) is 16.7. The van der Waals surface area contributed by atoms with E-state index in [4.69, 9.17) is 5.26 Å². The van der Waals surface area contributed by atoms with Crippen molar-refractivity contribution in [3.63, 3.8) is 0 Å². The predicted octanol–water partition coefficient (Wildman–Crippen LogP) is 2.77. The fourth-order valence-corrected chi connectivity index (χ4v) is 3.07. The number of benzene rings is 2. The SMILES string of the molecule is Cn1cnnc1CNC(=O)c1ccc(Sc2ccccc2C#N)cc1. The molecule has 1 heterocycles. The Hall–Kier alpha value is -3.11. The van der Waals surface area contributed by atoms with Crippen LogP contribution in [0.3, 0.4) is 0 Å². The largest absolute Gasteiger partial charge is 0.345 e. The zero-order valence-corrected chi connectivity index (χ0v) is 14.3. The number of hydrogen-bond acceptors (Lipinski definition) is 5. The van der Waals surface area contributed by atoms with Crippen LogP contribution >= 0.6 is 11.8 Å². The quantitative estimate of drug-likeness (QED) is 0.766. The average Bonchev–Trinajstić information content (AvgIpc) is 3.06. The van der Waals surface area contributed by atoms with E-state index >= 15 is 0 Å². The summed E-state index contributed by atoms with van der Waals surface area (Å²) in [5.41, 5.74) is 1.21. The van der Waals surface area contributed by atoms with E-state index in [1.54, 1.807) is 29.1 Å². The summed E-state index contributed by atoms with van der Waals surface area (Å²) >= 11 is 1.50. The van der Waals surface area contributed by atoms with Crippen molar-refractivity contribution in [1.29, 1.82) is 5.26 Å². The summed E-state index contributed by atoms with van der Waals surface area (Å²) in [5, 5.41) is 19.7. The van der Waals surface area contributed by atoms with Crippen LogP contribution in [0.25, 0.3) is 0 Å². The van der Waals surface area contributed by atoms with Gasteiger partial charge in [-0.05, 0) is 36.4 Å². The van der Waals surface area contributed by atoms with Crippen LogP contribution in [0.1, 0.15) is 21.7 Å². The molecule has 0 unspecified atom stereocenters. The molecular weight excluding hydrogens is 334 g/mol. The third-order valence-electron chi connectivity index (χ3n) is 3.56. The fraction of sp³-hybridized carbons (Fsp3) is 0.111. The maximum atomic E-state index is 12.2. The van der Waals surface area contributed by atoms with Crippen LogP contribution in [-0.4, -0.2) is 20.7 Å². The van der Waals surface area contributed by atoms with Crippen molar-refractivity contribution in [1.82, 2.24) is 20.1 Å². The molecule has 1 aromatic heterocycles. The van der Waals surface area contributed by atoms with Crippen molar-refractivity contribution in [2.75, 3.05) is 0 Å². The Morgan fingerprint density at radius 2 is 2.00 bits per heavy atom. The molecule has 0 aliphatic rings. The number of hydrogen-bond donors (Lipinski definition) is 1. The van der Waals surface area contributed by atoms with Crippen LogP contribution in [0.4, 0.5) is 0 Å². The number of nitriles is 1. The zero-order chi connectivity index (χ0) is 17.6. The Bertz CT molecular complexity index is 927. The van der Waals surface area contributed by atoms with Gasteiger partial charge in [-0.2, -0.15) is 5.26 Å². The Labute approximate surface area is 149 Å². The summed E-state index contributed by atoms with van der Waals surface area (Å²) in [6, 6.07) is 16.9. The molecule has 0 saturated heterocycles. The molecule has 124 valence electrons. The van der Waals surface area contributed by atoms with Crippen molar-refractivity contribution in [2.45, 2.75) is 16.3 Å². The topological polar surface area (TPSA) is 83.6 Å². The molecule has 0 aliphatic carbocycles. The van der Waals surface area contributed by atoms with E-state index in [0.717, 1.165) is 9.79 Å². The lowest BCUT2D eigenvalue weighted by molar-refractivity contribution is 0.0949. The van der Waals surface area contributed by atoms with Crippen LogP contribution in [-0.2, 0) is 13.6 Å². The summed E-state index contributed by atoms with van der Waals surface area (Å²) in [6.07, 6.45) is 1.59. The zero-order valence-electron chi connectivity index (χ0n) is 13.5. The monoisotopic (exact) mass is 349 g/mol. The lowest BCUT2D eigenvalue weighted by Gasteiger charge is -2.07. The minimum absolute atomic E-state index is 0.169. The molecule has 6 nitrogen and oxygen atoms in total. The van der Waals surface area contributed by atoms with Gasteiger partial charge in [0, 0.05) is 22.4 Å². The fourth-order valence-electron chi connectivity index (χ4n) is 2.18. The van der Waals surface area contributed by atoms with Crippen LogP contribution < -0.4 is 5.32 Å².